The first-order valence-electron chi connectivity index (χ1n) is 12.6. The van der Waals surface area contributed by atoms with Gasteiger partial charge in [0, 0.05) is 70.0 Å². The number of nitrogens with one attached hydrogen (secondary N) is 2. The summed E-state index contributed by atoms with van der Waals surface area (Å²) >= 11 is 1.36. The number of nitrogens with zero attached hydrogens (tertiary/aromatic N) is 7. The molecule has 12 nitrogen and oxygen atoms in total. The van der Waals surface area contributed by atoms with Gasteiger partial charge in [-0.15, -0.1) is 0 Å². The van der Waals surface area contributed by atoms with E-state index in [-0.39, 0.29) is 4.90 Å². The molecule has 14 heteroatoms. The van der Waals surface area contributed by atoms with Gasteiger partial charge in [-0.1, -0.05) is 0 Å². The van der Waals surface area contributed by atoms with Crippen molar-refractivity contribution in [2.45, 2.75) is 21.9 Å². The van der Waals surface area contributed by atoms with Crippen LogP contribution in [0.5, 0.6) is 5.75 Å². The van der Waals surface area contributed by atoms with Crippen molar-refractivity contribution in [2.24, 2.45) is 0 Å². The molecule has 1 aliphatic rings. The molecule has 39 heavy (non-hydrogen) atoms. The SMILES string of the molecule is COc1c(Nc2cc(C)[nH]n2)nc(Sc2ccc(S(=O)(=O)N(C)C)cc2)nc1N1CCN(CCN(C)C)CC1. The molecular weight excluding hydrogens is 538 g/mol. The van der Waals surface area contributed by atoms with Gasteiger partial charge in [-0.3, -0.25) is 10.00 Å². The smallest absolute Gasteiger partial charge is 0.242 e. The summed E-state index contributed by atoms with van der Waals surface area (Å²) in [5.74, 6) is 2.40. The zero-order valence-electron chi connectivity index (χ0n) is 23.3. The highest BCUT2D eigenvalue weighted by Crippen LogP contribution is 2.38. The maximum absolute atomic E-state index is 12.5. The largest absolute Gasteiger partial charge is 0.490 e. The van der Waals surface area contributed by atoms with E-state index in [1.165, 1.54) is 30.2 Å². The molecule has 1 saturated heterocycles. The van der Waals surface area contributed by atoms with Crippen molar-refractivity contribution in [1.82, 2.24) is 34.3 Å². The topological polar surface area (TPSA) is 123 Å². The molecule has 0 unspecified atom stereocenters. The van der Waals surface area contributed by atoms with Crippen LogP contribution in [-0.4, -0.2) is 117 Å². The lowest BCUT2D eigenvalue weighted by Gasteiger charge is -2.36. The molecule has 3 heterocycles. The summed E-state index contributed by atoms with van der Waals surface area (Å²) in [4.78, 5) is 17.6. The van der Waals surface area contributed by atoms with E-state index < -0.39 is 10.0 Å². The molecule has 4 rings (SSSR count). The highest BCUT2D eigenvalue weighted by molar-refractivity contribution is 7.99. The number of benzene rings is 1. The Morgan fingerprint density at radius 3 is 2.33 bits per heavy atom. The van der Waals surface area contributed by atoms with Crippen molar-refractivity contribution in [2.75, 3.05) is 84.8 Å². The minimum Gasteiger partial charge on any atom is -0.490 e. The Bertz CT molecular complexity index is 1350. The van der Waals surface area contributed by atoms with Crippen molar-refractivity contribution in [3.8, 4) is 5.75 Å². The summed E-state index contributed by atoms with van der Waals surface area (Å²) in [6.07, 6.45) is 0. The quantitative estimate of drug-likeness (QED) is 0.328. The van der Waals surface area contributed by atoms with Crippen LogP contribution in [0.2, 0.25) is 0 Å². The maximum atomic E-state index is 12.5. The average molecular weight is 576 g/mol. The Balaban J connectivity index is 1.62. The second-order valence-electron chi connectivity index (χ2n) is 9.77. The number of anilines is 3. The van der Waals surface area contributed by atoms with Crippen molar-refractivity contribution in [1.29, 1.82) is 0 Å². The number of hydrogen-bond acceptors (Lipinski definition) is 11. The summed E-state index contributed by atoms with van der Waals surface area (Å²) in [5, 5.41) is 11.0. The molecule has 0 saturated carbocycles. The van der Waals surface area contributed by atoms with Gasteiger partial charge in [-0.05, 0) is 57.0 Å². The molecule has 0 radical (unpaired) electrons. The van der Waals surface area contributed by atoms with E-state index in [1.807, 2.05) is 13.0 Å². The third-order valence-corrected chi connectivity index (χ3v) is 9.03. The van der Waals surface area contributed by atoms with E-state index in [2.05, 4.69) is 44.3 Å². The number of aromatic nitrogens is 4. The van der Waals surface area contributed by atoms with E-state index in [1.54, 1.807) is 31.4 Å². The predicted molar refractivity (Wildman–Crippen MR) is 154 cm³/mol. The Morgan fingerprint density at radius 1 is 1.08 bits per heavy atom. The molecule has 2 N–H and O–H groups in total. The summed E-state index contributed by atoms with van der Waals surface area (Å²) in [6.45, 7) is 7.43. The fourth-order valence-corrected chi connectivity index (χ4v) is 5.73. The second-order valence-corrected chi connectivity index (χ2v) is 13.0. The number of rotatable bonds is 11. The van der Waals surface area contributed by atoms with Gasteiger partial charge in [0.15, 0.2) is 22.6 Å². The van der Waals surface area contributed by atoms with Crippen LogP contribution < -0.4 is 15.0 Å². The van der Waals surface area contributed by atoms with Gasteiger partial charge in [-0.2, -0.15) is 5.10 Å². The van der Waals surface area contributed by atoms with Crippen LogP contribution in [0, 0.1) is 6.92 Å². The minimum absolute atomic E-state index is 0.233. The van der Waals surface area contributed by atoms with Crippen molar-refractivity contribution >= 4 is 39.2 Å². The number of likely N-dealkylation sites (N-methyl/N-ethyl adjacent to an activating group) is 1. The van der Waals surface area contributed by atoms with Crippen LogP contribution in [0.15, 0.2) is 45.3 Å². The third-order valence-electron chi connectivity index (χ3n) is 6.33. The fraction of sp³-hybridized carbons (Fsp3) is 0.480. The number of piperazine rings is 1. The lowest BCUT2D eigenvalue weighted by atomic mass is 10.3. The predicted octanol–water partition coefficient (Wildman–Crippen LogP) is 2.35. The first kappa shape index (κ1) is 29.1. The Kier molecular flexibility index (Phi) is 9.33. The fourth-order valence-electron chi connectivity index (χ4n) is 4.08. The normalized spacial score (nSPS) is 14.8. The summed E-state index contributed by atoms with van der Waals surface area (Å²) in [5.41, 5.74) is 0.918. The number of methoxy groups -OCH3 is 1. The first-order valence-corrected chi connectivity index (χ1v) is 14.9. The van der Waals surface area contributed by atoms with Gasteiger partial charge in [0.25, 0.3) is 0 Å². The highest BCUT2D eigenvalue weighted by atomic mass is 32.2. The summed E-state index contributed by atoms with van der Waals surface area (Å²) in [6, 6.07) is 8.62. The Labute approximate surface area is 234 Å². The average Bonchev–Trinajstić information content (AvgIpc) is 3.32. The van der Waals surface area contributed by atoms with Gasteiger partial charge >= 0.3 is 0 Å². The lowest BCUT2D eigenvalue weighted by molar-refractivity contribution is 0.228. The number of sulfonamides is 1. The van der Waals surface area contributed by atoms with E-state index >= 15 is 0 Å². The first-order chi connectivity index (χ1) is 18.6. The standard InChI is InChI=1S/C25H37N9O3S2/c1-18-17-21(30-29-18)26-23-22(37-6)24(34-15-13-33(14-16-34)12-11-31(2)3)28-25(27-23)38-19-7-9-20(10-8-19)39(35,36)32(4)5/h7-10,17H,11-16H2,1-6H3,(H2,26,27,28,29,30). The monoisotopic (exact) mass is 575 g/mol. The molecule has 0 bridgehead atoms. The number of H-pyrrole nitrogens is 1. The van der Waals surface area contributed by atoms with Crippen molar-refractivity contribution < 1.29 is 13.2 Å². The van der Waals surface area contributed by atoms with Crippen LogP contribution in [0.1, 0.15) is 5.69 Å². The Hall–Kier alpha value is -2.91. The zero-order valence-corrected chi connectivity index (χ0v) is 24.9. The lowest BCUT2D eigenvalue weighted by Crippen LogP contribution is -2.48. The molecular formula is C25H37N9O3S2. The number of hydrogen-bond donors (Lipinski definition) is 2. The van der Waals surface area contributed by atoms with Gasteiger partial charge in [-0.25, -0.2) is 22.7 Å². The van der Waals surface area contributed by atoms with E-state index in [0.29, 0.717) is 28.4 Å². The highest BCUT2D eigenvalue weighted by Gasteiger charge is 2.25. The van der Waals surface area contributed by atoms with E-state index in [9.17, 15) is 8.42 Å². The van der Waals surface area contributed by atoms with Crippen molar-refractivity contribution in [3.05, 3.63) is 36.0 Å². The summed E-state index contributed by atoms with van der Waals surface area (Å²) in [7, 11) is 5.32. The van der Waals surface area contributed by atoms with Crippen LogP contribution in [0.4, 0.5) is 17.5 Å². The molecule has 2 aromatic heterocycles. The third kappa shape index (κ3) is 7.19. The van der Waals surface area contributed by atoms with Crippen LogP contribution in [-0.2, 0) is 10.0 Å². The Morgan fingerprint density at radius 2 is 1.77 bits per heavy atom. The van der Waals surface area contributed by atoms with Crippen molar-refractivity contribution in [3.63, 3.8) is 0 Å². The zero-order chi connectivity index (χ0) is 28.2. The van der Waals surface area contributed by atoms with Gasteiger partial charge < -0.3 is 19.9 Å². The number of aromatic amines is 1. The van der Waals surface area contributed by atoms with Gasteiger partial charge in [0.2, 0.25) is 15.8 Å². The number of ether oxygens (including phenoxy) is 1. The molecule has 1 aromatic carbocycles. The van der Waals surface area contributed by atoms with Crippen LogP contribution >= 0.6 is 11.8 Å². The van der Waals surface area contributed by atoms with E-state index in [4.69, 9.17) is 14.7 Å². The number of aryl methyl sites for hydroxylation is 1. The minimum atomic E-state index is -3.51. The molecule has 0 amide bonds. The van der Waals surface area contributed by atoms with Crippen LogP contribution in [0.25, 0.3) is 0 Å². The van der Waals surface area contributed by atoms with Gasteiger partial charge in [0.1, 0.15) is 0 Å². The molecule has 0 atom stereocenters. The second kappa shape index (κ2) is 12.5. The molecule has 3 aromatic rings. The summed E-state index contributed by atoms with van der Waals surface area (Å²) < 4.78 is 31.9. The van der Waals surface area contributed by atoms with Gasteiger partial charge in [0.05, 0.1) is 12.0 Å². The molecule has 1 aliphatic heterocycles. The maximum Gasteiger partial charge on any atom is 0.242 e. The molecule has 0 spiro atoms. The van der Waals surface area contributed by atoms with Crippen LogP contribution in [0.3, 0.4) is 0 Å². The molecule has 0 aliphatic carbocycles. The molecule has 1 fully saturated rings. The van der Waals surface area contributed by atoms with E-state index in [0.717, 1.165) is 49.9 Å². The molecule has 212 valence electrons.